The molecule has 5 nitrogen and oxygen atoms in total. The Kier molecular flexibility index (Phi) is 4.37. The fourth-order valence-corrected chi connectivity index (χ4v) is 2.86. The van der Waals surface area contributed by atoms with E-state index in [2.05, 4.69) is 0 Å². The van der Waals surface area contributed by atoms with Crippen molar-refractivity contribution in [1.82, 2.24) is 9.80 Å². The normalized spacial score (nSPS) is 23.0. The highest BCUT2D eigenvalue weighted by molar-refractivity contribution is 5.90. The molecule has 0 aromatic carbocycles. The van der Waals surface area contributed by atoms with Crippen molar-refractivity contribution in [3.63, 3.8) is 0 Å². The third-order valence-corrected chi connectivity index (χ3v) is 4.05. The van der Waals surface area contributed by atoms with Crippen LogP contribution in [0.25, 0.3) is 0 Å². The SMILES string of the molecule is CC(C)(C)C(=O)N1CCCC1C(=O)N(CCO)C1CC1. The topological polar surface area (TPSA) is 60.9 Å². The van der Waals surface area contributed by atoms with Crippen LogP contribution in [0.5, 0.6) is 0 Å². The smallest absolute Gasteiger partial charge is 0.245 e. The van der Waals surface area contributed by atoms with Gasteiger partial charge in [0.15, 0.2) is 0 Å². The van der Waals surface area contributed by atoms with Gasteiger partial charge in [-0.25, -0.2) is 0 Å². The average Bonchev–Trinajstić information content (AvgIpc) is 3.09. The molecular formula is C15H26N2O3. The number of amides is 2. The standard InChI is InChI=1S/C15H26N2O3/c1-15(2,3)14(20)17-8-4-5-12(17)13(19)16(9-10-18)11-6-7-11/h11-12,18H,4-10H2,1-3H3. The molecule has 1 aliphatic heterocycles. The molecule has 1 unspecified atom stereocenters. The summed E-state index contributed by atoms with van der Waals surface area (Å²) in [6.45, 7) is 6.72. The minimum atomic E-state index is -0.454. The summed E-state index contributed by atoms with van der Waals surface area (Å²) < 4.78 is 0. The predicted molar refractivity (Wildman–Crippen MR) is 76.0 cm³/mol. The van der Waals surface area contributed by atoms with Gasteiger partial charge in [0.25, 0.3) is 0 Å². The summed E-state index contributed by atoms with van der Waals surface area (Å²) in [6, 6.07) is -0.0456. The van der Waals surface area contributed by atoms with Gasteiger partial charge >= 0.3 is 0 Å². The molecule has 0 spiro atoms. The first kappa shape index (κ1) is 15.3. The van der Waals surface area contributed by atoms with Crippen LogP contribution in [0, 0.1) is 5.41 Å². The Hall–Kier alpha value is -1.10. The highest BCUT2D eigenvalue weighted by Crippen LogP contribution is 2.31. The summed E-state index contributed by atoms with van der Waals surface area (Å²) in [6.07, 6.45) is 3.67. The van der Waals surface area contributed by atoms with Gasteiger partial charge in [-0.3, -0.25) is 9.59 Å². The maximum Gasteiger partial charge on any atom is 0.245 e. The van der Waals surface area contributed by atoms with E-state index < -0.39 is 5.41 Å². The first-order valence-electron chi connectivity index (χ1n) is 7.58. The molecule has 1 saturated carbocycles. The summed E-state index contributed by atoms with van der Waals surface area (Å²) in [7, 11) is 0. The zero-order valence-electron chi connectivity index (χ0n) is 12.8. The number of aliphatic hydroxyl groups is 1. The number of rotatable bonds is 4. The van der Waals surface area contributed by atoms with E-state index in [1.54, 1.807) is 9.80 Å². The first-order valence-corrected chi connectivity index (χ1v) is 7.58. The molecule has 1 atom stereocenters. The van der Waals surface area contributed by atoms with Gasteiger partial charge in [0, 0.05) is 24.5 Å². The van der Waals surface area contributed by atoms with E-state index in [4.69, 9.17) is 5.11 Å². The Morgan fingerprint density at radius 1 is 1.25 bits per heavy atom. The lowest BCUT2D eigenvalue weighted by Crippen LogP contribution is -2.51. The van der Waals surface area contributed by atoms with Gasteiger partial charge in [0.1, 0.15) is 6.04 Å². The summed E-state index contributed by atoms with van der Waals surface area (Å²) in [5.41, 5.74) is -0.454. The molecule has 1 saturated heterocycles. The highest BCUT2D eigenvalue weighted by Gasteiger charge is 2.42. The maximum absolute atomic E-state index is 12.7. The Labute approximate surface area is 120 Å². The third kappa shape index (κ3) is 3.14. The Morgan fingerprint density at radius 2 is 1.90 bits per heavy atom. The molecular weight excluding hydrogens is 256 g/mol. The van der Waals surface area contributed by atoms with Crippen molar-refractivity contribution in [3.8, 4) is 0 Å². The highest BCUT2D eigenvalue weighted by atomic mass is 16.3. The molecule has 1 aliphatic carbocycles. The average molecular weight is 282 g/mol. The molecule has 2 rings (SSSR count). The van der Waals surface area contributed by atoms with Gasteiger partial charge in [-0.15, -0.1) is 0 Å². The van der Waals surface area contributed by atoms with E-state index in [1.165, 1.54) is 0 Å². The van der Waals surface area contributed by atoms with Gasteiger partial charge in [-0.2, -0.15) is 0 Å². The van der Waals surface area contributed by atoms with Crippen LogP contribution in [-0.4, -0.2) is 58.5 Å². The molecule has 2 fully saturated rings. The third-order valence-electron chi connectivity index (χ3n) is 4.05. The van der Waals surface area contributed by atoms with E-state index in [-0.39, 0.29) is 30.5 Å². The van der Waals surface area contributed by atoms with Crippen LogP contribution < -0.4 is 0 Å². The van der Waals surface area contributed by atoms with E-state index in [9.17, 15) is 9.59 Å². The number of likely N-dealkylation sites (tertiary alicyclic amines) is 1. The van der Waals surface area contributed by atoms with Gasteiger partial charge in [0.05, 0.1) is 6.61 Å². The monoisotopic (exact) mass is 282 g/mol. The van der Waals surface area contributed by atoms with Crippen molar-refractivity contribution >= 4 is 11.8 Å². The van der Waals surface area contributed by atoms with Crippen LogP contribution in [0.1, 0.15) is 46.5 Å². The molecule has 1 N–H and O–H groups in total. The van der Waals surface area contributed by atoms with Crippen LogP contribution in [0.15, 0.2) is 0 Å². The molecule has 0 aromatic heterocycles. The second-order valence-electron chi connectivity index (χ2n) is 6.89. The molecule has 5 heteroatoms. The van der Waals surface area contributed by atoms with E-state index in [1.807, 2.05) is 20.8 Å². The van der Waals surface area contributed by atoms with Gasteiger partial charge in [0.2, 0.25) is 11.8 Å². The fraction of sp³-hybridized carbons (Fsp3) is 0.867. The maximum atomic E-state index is 12.7. The zero-order chi connectivity index (χ0) is 14.9. The lowest BCUT2D eigenvalue weighted by Gasteiger charge is -2.33. The molecule has 0 aromatic rings. The Bertz CT molecular complexity index is 385. The number of aliphatic hydroxyl groups excluding tert-OH is 1. The van der Waals surface area contributed by atoms with E-state index in [0.717, 1.165) is 25.7 Å². The number of hydrogen-bond donors (Lipinski definition) is 1. The largest absolute Gasteiger partial charge is 0.395 e. The summed E-state index contributed by atoms with van der Waals surface area (Å²) in [5.74, 6) is 0.0738. The lowest BCUT2D eigenvalue weighted by molar-refractivity contribution is -0.148. The zero-order valence-corrected chi connectivity index (χ0v) is 12.8. The molecule has 20 heavy (non-hydrogen) atoms. The fourth-order valence-electron chi connectivity index (χ4n) is 2.86. The second kappa shape index (κ2) is 5.72. The molecule has 1 heterocycles. The molecule has 0 bridgehead atoms. The van der Waals surface area contributed by atoms with Crippen LogP contribution in [0.2, 0.25) is 0 Å². The second-order valence-corrected chi connectivity index (χ2v) is 6.89. The quantitative estimate of drug-likeness (QED) is 0.837. The van der Waals surface area contributed by atoms with Crippen molar-refractivity contribution in [2.45, 2.75) is 58.5 Å². The first-order chi connectivity index (χ1) is 9.36. The minimum absolute atomic E-state index is 0.0117. The summed E-state index contributed by atoms with van der Waals surface area (Å²) >= 11 is 0. The lowest BCUT2D eigenvalue weighted by atomic mass is 9.94. The molecule has 2 amide bonds. The van der Waals surface area contributed by atoms with Crippen LogP contribution in [0.4, 0.5) is 0 Å². The van der Waals surface area contributed by atoms with Gasteiger partial charge < -0.3 is 14.9 Å². The van der Waals surface area contributed by atoms with Gasteiger partial charge in [-0.05, 0) is 25.7 Å². The van der Waals surface area contributed by atoms with Crippen molar-refractivity contribution < 1.29 is 14.7 Å². The molecule has 2 aliphatic rings. The predicted octanol–water partition coefficient (Wildman–Crippen LogP) is 1.01. The van der Waals surface area contributed by atoms with Crippen molar-refractivity contribution in [1.29, 1.82) is 0 Å². The van der Waals surface area contributed by atoms with Crippen LogP contribution >= 0.6 is 0 Å². The Morgan fingerprint density at radius 3 is 2.40 bits per heavy atom. The Balaban J connectivity index is 2.09. The van der Waals surface area contributed by atoms with Crippen LogP contribution in [-0.2, 0) is 9.59 Å². The number of carbonyl (C=O) groups is 2. The van der Waals surface area contributed by atoms with Crippen molar-refractivity contribution in [3.05, 3.63) is 0 Å². The summed E-state index contributed by atoms with van der Waals surface area (Å²) in [4.78, 5) is 28.7. The minimum Gasteiger partial charge on any atom is -0.395 e. The molecule has 114 valence electrons. The number of carbonyl (C=O) groups excluding carboxylic acids is 2. The van der Waals surface area contributed by atoms with Crippen molar-refractivity contribution in [2.24, 2.45) is 5.41 Å². The van der Waals surface area contributed by atoms with Crippen LogP contribution in [0.3, 0.4) is 0 Å². The number of nitrogens with zero attached hydrogens (tertiary/aromatic N) is 2. The summed E-state index contributed by atoms with van der Waals surface area (Å²) in [5, 5.41) is 9.13. The van der Waals surface area contributed by atoms with Gasteiger partial charge in [-0.1, -0.05) is 20.8 Å². The van der Waals surface area contributed by atoms with E-state index in [0.29, 0.717) is 13.1 Å². The number of hydrogen-bond acceptors (Lipinski definition) is 3. The van der Waals surface area contributed by atoms with E-state index >= 15 is 0 Å². The molecule has 0 radical (unpaired) electrons. The van der Waals surface area contributed by atoms with Crippen molar-refractivity contribution in [2.75, 3.05) is 19.7 Å².